The van der Waals surface area contributed by atoms with Gasteiger partial charge in [0.25, 0.3) is 0 Å². The van der Waals surface area contributed by atoms with Crippen LogP contribution in [0.3, 0.4) is 0 Å². The third kappa shape index (κ3) is 3.61. The second-order valence-electron chi connectivity index (χ2n) is 4.27. The van der Waals surface area contributed by atoms with E-state index in [2.05, 4.69) is 0 Å². The average molecular weight is 271 g/mol. The zero-order chi connectivity index (χ0) is 13.4. The van der Waals surface area contributed by atoms with Crippen molar-refractivity contribution in [2.75, 3.05) is 0 Å². The summed E-state index contributed by atoms with van der Waals surface area (Å²) in [5, 5.41) is 5.37. The molecule has 0 fully saturated rings. The van der Waals surface area contributed by atoms with Gasteiger partial charge in [-0.15, -0.1) is 0 Å². The zero-order valence-corrected chi connectivity index (χ0v) is 9.64. The van der Waals surface area contributed by atoms with Crippen LogP contribution in [0.2, 0.25) is 19.1 Å². The lowest BCUT2D eigenvalue weighted by Crippen LogP contribution is -2.53. The number of halogens is 7. The topological polar surface area (TPSA) is 26.0 Å². The van der Waals surface area contributed by atoms with Crippen molar-refractivity contribution in [3.05, 3.63) is 0 Å². The monoisotopic (exact) mass is 271 g/mol. The summed E-state index contributed by atoms with van der Waals surface area (Å²) in [5.41, 5.74) is 0. The molecule has 2 N–H and O–H groups in total. The minimum Gasteiger partial charge on any atom is -0.351 e. The van der Waals surface area contributed by atoms with Crippen molar-refractivity contribution in [2.45, 2.75) is 43.6 Å². The molecular formula is C7H12F7NSi. The van der Waals surface area contributed by atoms with Gasteiger partial charge in [-0.05, 0) is 6.04 Å². The number of alkyl halides is 7. The van der Waals surface area contributed by atoms with E-state index in [4.69, 9.17) is 5.40 Å². The SMILES string of the molecule is C[Si](C)(N)CCC(F)(F)C(F)(F)C(F)(F)F. The smallest absolute Gasteiger partial charge is 0.351 e. The first-order valence-corrected chi connectivity index (χ1v) is 7.60. The first kappa shape index (κ1) is 15.7. The van der Waals surface area contributed by atoms with Crippen molar-refractivity contribution in [1.29, 1.82) is 0 Å². The van der Waals surface area contributed by atoms with Gasteiger partial charge >= 0.3 is 18.0 Å². The molecule has 0 atom stereocenters. The molecule has 0 rings (SSSR count). The Balaban J connectivity index is 4.79. The van der Waals surface area contributed by atoms with Crippen molar-refractivity contribution in [1.82, 2.24) is 0 Å². The van der Waals surface area contributed by atoms with Gasteiger partial charge in [0.15, 0.2) is 0 Å². The van der Waals surface area contributed by atoms with Crippen molar-refractivity contribution >= 4 is 8.24 Å². The highest BCUT2D eigenvalue weighted by molar-refractivity contribution is 6.74. The van der Waals surface area contributed by atoms with Gasteiger partial charge in [0.1, 0.15) is 8.24 Å². The molecule has 98 valence electrons. The van der Waals surface area contributed by atoms with E-state index in [0.29, 0.717) is 0 Å². The molecule has 0 aliphatic carbocycles. The van der Waals surface area contributed by atoms with Crippen LogP contribution >= 0.6 is 0 Å². The van der Waals surface area contributed by atoms with Gasteiger partial charge in [-0.2, -0.15) is 30.7 Å². The van der Waals surface area contributed by atoms with Gasteiger partial charge in [-0.1, -0.05) is 13.1 Å². The molecule has 1 nitrogen and oxygen atoms in total. The largest absolute Gasteiger partial charge is 0.459 e. The Bertz CT molecular complexity index is 242. The van der Waals surface area contributed by atoms with Crippen molar-refractivity contribution < 1.29 is 30.7 Å². The van der Waals surface area contributed by atoms with Gasteiger partial charge in [0.05, 0.1) is 0 Å². The van der Waals surface area contributed by atoms with Crippen molar-refractivity contribution in [3.8, 4) is 0 Å². The molecule has 0 aromatic rings. The quantitative estimate of drug-likeness (QED) is 0.615. The molecule has 0 aliphatic rings. The maximum Gasteiger partial charge on any atom is 0.459 e. The Morgan fingerprint density at radius 3 is 1.56 bits per heavy atom. The Morgan fingerprint density at radius 2 is 1.31 bits per heavy atom. The van der Waals surface area contributed by atoms with Gasteiger partial charge in [0.2, 0.25) is 0 Å². The highest BCUT2D eigenvalue weighted by Crippen LogP contribution is 2.48. The van der Waals surface area contributed by atoms with Crippen LogP contribution in [0.4, 0.5) is 30.7 Å². The maximum atomic E-state index is 12.7. The summed E-state index contributed by atoms with van der Waals surface area (Å²) in [5.74, 6) is -11.1. The molecule has 16 heavy (non-hydrogen) atoms. The number of hydrogen-bond donors (Lipinski definition) is 1. The number of hydrogen-bond acceptors (Lipinski definition) is 1. The van der Waals surface area contributed by atoms with Gasteiger partial charge in [-0.3, -0.25) is 0 Å². The van der Waals surface area contributed by atoms with Gasteiger partial charge in [-0.25, -0.2) is 0 Å². The van der Waals surface area contributed by atoms with Crippen molar-refractivity contribution in [3.63, 3.8) is 0 Å². The fourth-order valence-electron chi connectivity index (χ4n) is 0.844. The molecular weight excluding hydrogens is 259 g/mol. The Hall–Kier alpha value is -0.313. The lowest BCUT2D eigenvalue weighted by Gasteiger charge is -2.29. The Labute approximate surface area is 88.9 Å². The number of nitrogens with two attached hydrogens (primary N) is 1. The minimum absolute atomic E-state index is 0.508. The molecule has 0 aliphatic heterocycles. The molecule has 0 saturated heterocycles. The lowest BCUT2D eigenvalue weighted by molar-refractivity contribution is -0.354. The van der Waals surface area contributed by atoms with E-state index < -0.39 is 38.7 Å². The van der Waals surface area contributed by atoms with Crippen LogP contribution in [0.1, 0.15) is 6.42 Å². The lowest BCUT2D eigenvalue weighted by atomic mass is 10.1. The van der Waals surface area contributed by atoms with Crippen LogP contribution in [0, 0.1) is 0 Å². The molecule has 0 radical (unpaired) electrons. The standard InChI is InChI=1S/C7H12F7NSi/c1-16(2,15)4-3-5(8,9)6(10,11)7(12,13)14/h3-4,15H2,1-2H3. The van der Waals surface area contributed by atoms with E-state index in [1.807, 2.05) is 0 Å². The Morgan fingerprint density at radius 1 is 0.938 bits per heavy atom. The fourth-order valence-corrected chi connectivity index (χ4v) is 1.80. The van der Waals surface area contributed by atoms with Crippen LogP contribution in [-0.4, -0.2) is 26.3 Å². The molecule has 9 heteroatoms. The molecule has 0 aromatic heterocycles. The molecule has 0 unspecified atom stereocenters. The highest BCUT2D eigenvalue weighted by Gasteiger charge is 2.72. The summed E-state index contributed by atoms with van der Waals surface area (Å²) in [6.45, 7) is 2.80. The third-order valence-corrected chi connectivity index (χ3v) is 3.44. The third-order valence-electron chi connectivity index (χ3n) is 1.90. The first-order chi connectivity index (χ1) is 6.71. The zero-order valence-electron chi connectivity index (χ0n) is 8.64. The van der Waals surface area contributed by atoms with Crippen LogP contribution in [-0.2, 0) is 0 Å². The van der Waals surface area contributed by atoms with Crippen LogP contribution < -0.4 is 5.40 Å². The van der Waals surface area contributed by atoms with E-state index >= 15 is 0 Å². The van der Waals surface area contributed by atoms with E-state index in [1.54, 1.807) is 0 Å². The fraction of sp³-hybridized carbons (Fsp3) is 1.00. The predicted octanol–water partition coefficient (Wildman–Crippen LogP) is 3.37. The summed E-state index contributed by atoms with van der Waals surface area (Å²) in [6.07, 6.45) is -7.81. The summed E-state index contributed by atoms with van der Waals surface area (Å²) >= 11 is 0. The second kappa shape index (κ2) is 4.17. The highest BCUT2D eigenvalue weighted by atomic mass is 28.3. The molecule has 0 saturated carbocycles. The summed E-state index contributed by atoms with van der Waals surface area (Å²) < 4.78 is 85.3. The normalized spacial score (nSPS) is 15.4. The number of rotatable bonds is 4. The van der Waals surface area contributed by atoms with Crippen LogP contribution in [0.5, 0.6) is 0 Å². The van der Waals surface area contributed by atoms with Crippen molar-refractivity contribution in [2.24, 2.45) is 5.40 Å². The van der Waals surface area contributed by atoms with Crippen LogP contribution in [0.15, 0.2) is 0 Å². The molecule has 0 amide bonds. The predicted molar refractivity (Wildman–Crippen MR) is 47.0 cm³/mol. The molecule has 0 aromatic carbocycles. The Kier molecular flexibility index (Phi) is 4.09. The summed E-state index contributed by atoms with van der Waals surface area (Å²) in [6, 6.07) is -0.508. The maximum absolute atomic E-state index is 12.7. The minimum atomic E-state index is -6.25. The van der Waals surface area contributed by atoms with E-state index in [0.717, 1.165) is 0 Å². The van der Waals surface area contributed by atoms with E-state index in [1.165, 1.54) is 13.1 Å². The molecule has 0 heterocycles. The van der Waals surface area contributed by atoms with E-state index in [9.17, 15) is 30.7 Å². The second-order valence-corrected chi connectivity index (χ2v) is 8.74. The molecule has 0 bridgehead atoms. The van der Waals surface area contributed by atoms with E-state index in [-0.39, 0.29) is 0 Å². The summed E-state index contributed by atoms with van der Waals surface area (Å²) in [4.78, 5) is 0. The first-order valence-electron chi connectivity index (χ1n) is 4.32. The average Bonchev–Trinajstić information content (AvgIpc) is 1.97. The van der Waals surface area contributed by atoms with Gasteiger partial charge in [0, 0.05) is 6.42 Å². The molecule has 0 spiro atoms. The van der Waals surface area contributed by atoms with Crippen LogP contribution in [0.25, 0.3) is 0 Å². The summed E-state index contributed by atoms with van der Waals surface area (Å²) in [7, 11) is -2.59. The van der Waals surface area contributed by atoms with Gasteiger partial charge < -0.3 is 5.40 Å².